The highest BCUT2D eigenvalue weighted by Crippen LogP contribution is 2.33. The molecule has 0 aromatic heterocycles. The van der Waals surface area contributed by atoms with Gasteiger partial charge in [-0.15, -0.1) is 0 Å². The highest BCUT2D eigenvalue weighted by molar-refractivity contribution is 5.69. The molecule has 0 aliphatic heterocycles. The molecule has 1 atom stereocenters. The second-order valence-corrected chi connectivity index (χ2v) is 4.77. The van der Waals surface area contributed by atoms with Gasteiger partial charge in [0.25, 0.3) is 0 Å². The van der Waals surface area contributed by atoms with Crippen LogP contribution in [0.25, 0.3) is 0 Å². The molecule has 0 fully saturated rings. The van der Waals surface area contributed by atoms with Gasteiger partial charge in [-0.3, -0.25) is 0 Å². The van der Waals surface area contributed by atoms with Gasteiger partial charge in [0.2, 0.25) is 0 Å². The Balaban J connectivity index is 2.52. The fourth-order valence-corrected chi connectivity index (χ4v) is 2.42. The van der Waals surface area contributed by atoms with Crippen LogP contribution in [-0.2, 0) is 0 Å². The van der Waals surface area contributed by atoms with E-state index in [0.29, 0.717) is 0 Å². The monoisotopic (exact) mass is 255 g/mol. The SMILES string of the molecule is CCN(c1ccccc1C)c1ccccc1C(C)O. The molecule has 0 aliphatic rings. The lowest BCUT2D eigenvalue weighted by Crippen LogP contribution is -2.19. The maximum Gasteiger partial charge on any atom is 0.0782 e. The molecule has 1 unspecified atom stereocenters. The van der Waals surface area contributed by atoms with Gasteiger partial charge in [0, 0.05) is 23.5 Å². The molecular formula is C17H21NO. The number of hydrogen-bond donors (Lipinski definition) is 1. The zero-order valence-electron chi connectivity index (χ0n) is 11.8. The average Bonchev–Trinajstić information content (AvgIpc) is 2.42. The van der Waals surface area contributed by atoms with Crippen molar-refractivity contribution < 1.29 is 5.11 Å². The highest BCUT2D eigenvalue weighted by Gasteiger charge is 2.15. The third-order valence-corrected chi connectivity index (χ3v) is 3.40. The minimum Gasteiger partial charge on any atom is -0.389 e. The maximum atomic E-state index is 9.94. The van der Waals surface area contributed by atoms with Gasteiger partial charge in [0.15, 0.2) is 0 Å². The minimum absolute atomic E-state index is 0.464. The summed E-state index contributed by atoms with van der Waals surface area (Å²) in [4.78, 5) is 2.25. The molecule has 0 aliphatic carbocycles. The van der Waals surface area contributed by atoms with Crippen LogP contribution in [0.5, 0.6) is 0 Å². The van der Waals surface area contributed by atoms with Crippen LogP contribution in [0.2, 0.25) is 0 Å². The van der Waals surface area contributed by atoms with Gasteiger partial charge < -0.3 is 10.0 Å². The van der Waals surface area contributed by atoms with Crippen LogP contribution < -0.4 is 4.90 Å². The van der Waals surface area contributed by atoms with Crippen molar-refractivity contribution in [3.8, 4) is 0 Å². The third kappa shape index (κ3) is 2.79. The molecular weight excluding hydrogens is 234 g/mol. The summed E-state index contributed by atoms with van der Waals surface area (Å²) in [5.41, 5.74) is 4.48. The summed E-state index contributed by atoms with van der Waals surface area (Å²) in [6.45, 7) is 6.92. The molecule has 0 heterocycles. The van der Waals surface area contributed by atoms with E-state index in [0.717, 1.165) is 17.8 Å². The summed E-state index contributed by atoms with van der Waals surface area (Å²) in [5, 5.41) is 9.94. The Morgan fingerprint density at radius 3 is 2.16 bits per heavy atom. The van der Waals surface area contributed by atoms with Crippen molar-refractivity contribution in [2.75, 3.05) is 11.4 Å². The Morgan fingerprint density at radius 1 is 1.00 bits per heavy atom. The first kappa shape index (κ1) is 13.6. The highest BCUT2D eigenvalue weighted by atomic mass is 16.3. The lowest BCUT2D eigenvalue weighted by atomic mass is 10.1. The van der Waals surface area contributed by atoms with Gasteiger partial charge in [0.1, 0.15) is 0 Å². The maximum absolute atomic E-state index is 9.94. The summed E-state index contributed by atoms with van der Waals surface area (Å²) in [6.07, 6.45) is -0.464. The van der Waals surface area contributed by atoms with E-state index in [2.05, 4.69) is 43.0 Å². The Morgan fingerprint density at radius 2 is 1.58 bits per heavy atom. The smallest absolute Gasteiger partial charge is 0.0782 e. The number of para-hydroxylation sites is 2. The number of aliphatic hydroxyl groups is 1. The number of hydrogen-bond acceptors (Lipinski definition) is 2. The van der Waals surface area contributed by atoms with E-state index in [1.807, 2.05) is 31.2 Å². The van der Waals surface area contributed by atoms with Gasteiger partial charge >= 0.3 is 0 Å². The van der Waals surface area contributed by atoms with Crippen molar-refractivity contribution in [2.24, 2.45) is 0 Å². The van der Waals surface area contributed by atoms with Gasteiger partial charge in [-0.2, -0.15) is 0 Å². The van der Waals surface area contributed by atoms with Crippen molar-refractivity contribution in [1.29, 1.82) is 0 Å². The zero-order valence-corrected chi connectivity index (χ0v) is 11.8. The van der Waals surface area contributed by atoms with Crippen molar-refractivity contribution in [3.05, 3.63) is 59.7 Å². The van der Waals surface area contributed by atoms with Gasteiger partial charge in [-0.25, -0.2) is 0 Å². The van der Waals surface area contributed by atoms with Crippen molar-refractivity contribution in [3.63, 3.8) is 0 Å². The van der Waals surface area contributed by atoms with E-state index < -0.39 is 6.10 Å². The van der Waals surface area contributed by atoms with Crippen molar-refractivity contribution in [2.45, 2.75) is 26.9 Å². The molecule has 0 saturated heterocycles. The largest absolute Gasteiger partial charge is 0.389 e. The zero-order chi connectivity index (χ0) is 13.8. The first-order valence-corrected chi connectivity index (χ1v) is 6.75. The number of anilines is 2. The molecule has 2 aromatic carbocycles. The van der Waals surface area contributed by atoms with E-state index in [9.17, 15) is 5.11 Å². The van der Waals surface area contributed by atoms with Crippen LogP contribution in [0.1, 0.15) is 31.1 Å². The Kier molecular flexibility index (Phi) is 4.23. The van der Waals surface area contributed by atoms with Crippen LogP contribution in [-0.4, -0.2) is 11.7 Å². The quantitative estimate of drug-likeness (QED) is 0.884. The number of nitrogens with zero attached hydrogens (tertiary/aromatic N) is 1. The van der Waals surface area contributed by atoms with Crippen LogP contribution in [0.15, 0.2) is 48.5 Å². The topological polar surface area (TPSA) is 23.5 Å². The van der Waals surface area contributed by atoms with Crippen LogP contribution in [0, 0.1) is 6.92 Å². The summed E-state index contributed by atoms with van der Waals surface area (Å²) >= 11 is 0. The van der Waals surface area contributed by atoms with Crippen LogP contribution in [0.3, 0.4) is 0 Å². The normalized spacial score (nSPS) is 12.2. The Hall–Kier alpha value is -1.80. The van der Waals surface area contributed by atoms with Crippen molar-refractivity contribution in [1.82, 2.24) is 0 Å². The Bertz CT molecular complexity index is 548. The van der Waals surface area contributed by atoms with E-state index in [-0.39, 0.29) is 0 Å². The predicted octanol–water partition coefficient (Wildman–Crippen LogP) is 4.21. The molecule has 100 valence electrons. The first-order valence-electron chi connectivity index (χ1n) is 6.75. The summed E-state index contributed by atoms with van der Waals surface area (Å²) in [7, 11) is 0. The predicted molar refractivity (Wildman–Crippen MR) is 80.9 cm³/mol. The first-order chi connectivity index (χ1) is 9.15. The van der Waals surface area contributed by atoms with Gasteiger partial charge in [-0.1, -0.05) is 36.4 Å². The molecule has 2 rings (SSSR count). The number of aryl methyl sites for hydroxylation is 1. The second-order valence-electron chi connectivity index (χ2n) is 4.77. The van der Waals surface area contributed by atoms with Crippen LogP contribution in [0.4, 0.5) is 11.4 Å². The summed E-state index contributed by atoms with van der Waals surface area (Å²) < 4.78 is 0. The molecule has 0 saturated carbocycles. The number of rotatable bonds is 4. The average molecular weight is 255 g/mol. The fraction of sp³-hybridized carbons (Fsp3) is 0.294. The molecule has 0 spiro atoms. The number of aliphatic hydroxyl groups excluding tert-OH is 1. The molecule has 1 N–H and O–H groups in total. The lowest BCUT2D eigenvalue weighted by Gasteiger charge is -2.28. The van der Waals surface area contributed by atoms with E-state index in [1.165, 1.54) is 11.3 Å². The lowest BCUT2D eigenvalue weighted by molar-refractivity contribution is 0.200. The fourth-order valence-electron chi connectivity index (χ4n) is 2.42. The van der Waals surface area contributed by atoms with Gasteiger partial charge in [-0.05, 0) is 38.5 Å². The second kappa shape index (κ2) is 5.89. The molecule has 0 amide bonds. The molecule has 0 radical (unpaired) electrons. The number of benzene rings is 2. The third-order valence-electron chi connectivity index (χ3n) is 3.40. The standard InChI is InChI=1S/C17H21NO/c1-4-18(16-11-7-5-9-13(16)2)17-12-8-6-10-15(17)14(3)19/h5-12,14,19H,4H2,1-3H3. The molecule has 0 bridgehead atoms. The molecule has 2 heteroatoms. The molecule has 2 aromatic rings. The Labute approximate surface area is 115 Å². The van der Waals surface area contributed by atoms with E-state index in [1.54, 1.807) is 0 Å². The minimum atomic E-state index is -0.464. The van der Waals surface area contributed by atoms with Gasteiger partial charge in [0.05, 0.1) is 6.10 Å². The molecule has 2 nitrogen and oxygen atoms in total. The van der Waals surface area contributed by atoms with Crippen molar-refractivity contribution >= 4 is 11.4 Å². The van der Waals surface area contributed by atoms with Crippen LogP contribution >= 0.6 is 0 Å². The summed E-state index contributed by atoms with van der Waals surface area (Å²) in [5.74, 6) is 0. The van der Waals surface area contributed by atoms with E-state index in [4.69, 9.17) is 0 Å². The summed E-state index contributed by atoms with van der Waals surface area (Å²) in [6, 6.07) is 16.4. The molecule has 19 heavy (non-hydrogen) atoms. The van der Waals surface area contributed by atoms with E-state index >= 15 is 0 Å².